The van der Waals surface area contributed by atoms with Crippen molar-refractivity contribution >= 4 is 39.6 Å². The van der Waals surface area contributed by atoms with Crippen LogP contribution in [0.1, 0.15) is 24.5 Å². The molecular weight excluding hydrogens is 510 g/mol. The summed E-state index contributed by atoms with van der Waals surface area (Å²) in [5.41, 5.74) is 3.29. The fraction of sp³-hybridized carbons (Fsp3) is 0.267. The maximum atomic E-state index is 12.8. The zero-order valence-corrected chi connectivity index (χ0v) is 22.2. The number of nitro groups is 1. The number of carbonyl (C=O) groups excluding carboxylic acids is 1. The monoisotopic (exact) mass is 541 g/mol. The molecule has 3 N–H and O–H groups in total. The average Bonchev–Trinajstić information content (AvgIpc) is 3.31. The minimum absolute atomic E-state index is 0.0419. The second-order valence-corrected chi connectivity index (χ2v) is 9.84. The van der Waals surface area contributed by atoms with Crippen LogP contribution in [-0.4, -0.2) is 64.4 Å². The number of anilines is 1. The molecule has 5 rings (SSSR count). The van der Waals surface area contributed by atoms with Crippen molar-refractivity contribution in [1.82, 2.24) is 9.88 Å². The first kappa shape index (κ1) is 27.0. The number of rotatable bonds is 9. The number of hydrogen-bond acceptors (Lipinski definition) is 7. The van der Waals surface area contributed by atoms with E-state index in [1.165, 1.54) is 12.1 Å². The lowest BCUT2D eigenvalue weighted by molar-refractivity contribution is -0.384. The Balaban J connectivity index is 1.38. The highest BCUT2D eigenvalue weighted by Crippen LogP contribution is 2.33. The highest BCUT2D eigenvalue weighted by molar-refractivity contribution is 6.22. The topological polar surface area (TPSA) is 133 Å². The second-order valence-electron chi connectivity index (χ2n) is 9.84. The zero-order chi connectivity index (χ0) is 28.1. The molecule has 1 aliphatic rings. The number of fused-ring (bicyclic) bond motifs is 1. The van der Waals surface area contributed by atoms with Gasteiger partial charge in [-0.2, -0.15) is 0 Å². The third-order valence-electron chi connectivity index (χ3n) is 7.06. The highest BCUT2D eigenvalue weighted by Gasteiger charge is 2.21. The summed E-state index contributed by atoms with van der Waals surface area (Å²) in [4.78, 5) is 33.8. The van der Waals surface area contributed by atoms with Gasteiger partial charge in [0.2, 0.25) is 5.91 Å². The molecule has 0 bridgehead atoms. The van der Waals surface area contributed by atoms with Gasteiger partial charge in [-0.3, -0.25) is 19.8 Å². The fourth-order valence-electron chi connectivity index (χ4n) is 4.73. The molecule has 10 nitrogen and oxygen atoms in total. The molecule has 1 aliphatic heterocycles. The Kier molecular flexibility index (Phi) is 8.18. The van der Waals surface area contributed by atoms with Gasteiger partial charge >= 0.3 is 0 Å². The van der Waals surface area contributed by atoms with Crippen LogP contribution in [0.4, 0.5) is 17.1 Å². The second kappa shape index (κ2) is 12.1. The van der Waals surface area contributed by atoms with Gasteiger partial charge in [0.25, 0.3) is 5.69 Å². The molecular formula is C30H31N5O5. The number of carbonyl (C=O) groups is 1. The van der Waals surface area contributed by atoms with Crippen molar-refractivity contribution in [2.24, 2.45) is 10.9 Å². The molecule has 4 aromatic rings. The Morgan fingerprint density at radius 3 is 2.55 bits per heavy atom. The molecule has 0 spiro atoms. The summed E-state index contributed by atoms with van der Waals surface area (Å²) in [6.07, 6.45) is 0.765. The van der Waals surface area contributed by atoms with Crippen molar-refractivity contribution in [3.8, 4) is 5.88 Å². The molecule has 1 saturated heterocycles. The number of nitrogens with zero attached hydrogens (tertiary/aromatic N) is 3. The minimum atomic E-state index is -0.469. The quantitative estimate of drug-likeness (QED) is 0.151. The number of benzene rings is 3. The summed E-state index contributed by atoms with van der Waals surface area (Å²) in [5.74, 6) is -0.313. The van der Waals surface area contributed by atoms with Gasteiger partial charge in [0.05, 0.1) is 35.1 Å². The van der Waals surface area contributed by atoms with Gasteiger partial charge in [0, 0.05) is 53.3 Å². The molecule has 40 heavy (non-hydrogen) atoms. The first-order valence-electron chi connectivity index (χ1n) is 13.2. The molecule has 0 saturated carbocycles. The van der Waals surface area contributed by atoms with Gasteiger partial charge in [-0.05, 0) is 43.3 Å². The maximum absolute atomic E-state index is 12.8. The SMILES string of the molecule is CC(CCN1CCOCC1)C(=O)Nc1ccc(N=C(c2ccccc2)c2c(O)[nH]c3ccc([N+](=O)[O-])cc23)cc1. The molecule has 0 aliphatic carbocycles. The number of ether oxygens (including phenoxy) is 1. The molecule has 10 heteroatoms. The van der Waals surface area contributed by atoms with Gasteiger partial charge in [0.1, 0.15) is 0 Å². The van der Waals surface area contributed by atoms with Crippen molar-refractivity contribution in [2.45, 2.75) is 13.3 Å². The molecule has 1 atom stereocenters. The molecule has 1 aromatic heterocycles. The Hall–Kier alpha value is -4.54. The van der Waals surface area contributed by atoms with Crippen LogP contribution in [0.3, 0.4) is 0 Å². The number of H-pyrrole nitrogens is 1. The summed E-state index contributed by atoms with van der Waals surface area (Å²) in [6.45, 7) is 6.06. The number of aromatic nitrogens is 1. The van der Waals surface area contributed by atoms with Gasteiger partial charge in [-0.1, -0.05) is 37.3 Å². The van der Waals surface area contributed by atoms with Crippen molar-refractivity contribution in [3.63, 3.8) is 0 Å². The normalized spacial score (nSPS) is 15.2. The highest BCUT2D eigenvalue weighted by atomic mass is 16.6. The summed E-state index contributed by atoms with van der Waals surface area (Å²) in [6, 6.07) is 20.8. The van der Waals surface area contributed by atoms with E-state index in [4.69, 9.17) is 9.73 Å². The number of morpholine rings is 1. The standard InChI is InChI=1S/C30H31N5O5/c1-20(13-14-34-15-17-40-18-16-34)29(36)32-23-9-7-22(8-10-23)31-28(21-5-3-2-4-6-21)27-25-19-24(35(38)39)11-12-26(25)33-30(27)37/h2-12,19-20,33,37H,13-18H2,1H3,(H,32,36). The van der Waals surface area contributed by atoms with Crippen molar-refractivity contribution in [3.05, 3.63) is 94.0 Å². The predicted molar refractivity (Wildman–Crippen MR) is 154 cm³/mol. The number of nitrogens with one attached hydrogen (secondary N) is 2. The number of hydrogen-bond donors (Lipinski definition) is 3. The molecule has 2 heterocycles. The van der Waals surface area contributed by atoms with Crippen LogP contribution in [0, 0.1) is 16.0 Å². The van der Waals surface area contributed by atoms with Crippen LogP contribution in [0.2, 0.25) is 0 Å². The van der Waals surface area contributed by atoms with Gasteiger partial charge in [0.15, 0.2) is 5.88 Å². The number of nitro benzene ring substituents is 1. The Morgan fingerprint density at radius 1 is 1.12 bits per heavy atom. The lowest BCUT2D eigenvalue weighted by atomic mass is 10.0. The number of amides is 1. The van der Waals surface area contributed by atoms with E-state index in [0.29, 0.717) is 33.6 Å². The third-order valence-corrected chi connectivity index (χ3v) is 7.06. The van der Waals surface area contributed by atoms with Crippen LogP contribution in [0.5, 0.6) is 5.88 Å². The van der Waals surface area contributed by atoms with E-state index < -0.39 is 4.92 Å². The fourth-order valence-corrected chi connectivity index (χ4v) is 4.73. The van der Waals surface area contributed by atoms with Crippen LogP contribution in [-0.2, 0) is 9.53 Å². The number of aromatic hydroxyl groups is 1. The lowest BCUT2D eigenvalue weighted by Crippen LogP contribution is -2.38. The molecule has 3 aromatic carbocycles. The Bertz CT molecular complexity index is 1530. The smallest absolute Gasteiger partial charge is 0.270 e. The van der Waals surface area contributed by atoms with E-state index in [1.54, 1.807) is 30.3 Å². The molecule has 0 radical (unpaired) electrons. The average molecular weight is 542 g/mol. The third kappa shape index (κ3) is 6.19. The summed E-state index contributed by atoms with van der Waals surface area (Å²) in [7, 11) is 0. The van der Waals surface area contributed by atoms with E-state index in [2.05, 4.69) is 15.2 Å². The molecule has 206 valence electrons. The van der Waals surface area contributed by atoms with Crippen LogP contribution >= 0.6 is 0 Å². The Labute approximate surface area is 231 Å². The van der Waals surface area contributed by atoms with E-state index in [1.807, 2.05) is 37.3 Å². The maximum Gasteiger partial charge on any atom is 0.270 e. The summed E-state index contributed by atoms with van der Waals surface area (Å²) >= 11 is 0. The van der Waals surface area contributed by atoms with Crippen molar-refractivity contribution < 1.29 is 19.6 Å². The minimum Gasteiger partial charge on any atom is -0.494 e. The lowest BCUT2D eigenvalue weighted by Gasteiger charge is -2.27. The zero-order valence-electron chi connectivity index (χ0n) is 22.2. The van der Waals surface area contributed by atoms with Crippen LogP contribution in [0.25, 0.3) is 10.9 Å². The summed E-state index contributed by atoms with van der Waals surface area (Å²) in [5, 5.41) is 25.7. The molecule has 1 amide bonds. The molecule has 1 fully saturated rings. The molecule has 1 unspecified atom stereocenters. The van der Waals surface area contributed by atoms with E-state index >= 15 is 0 Å². The number of aromatic amines is 1. The predicted octanol–water partition coefficient (Wildman–Crippen LogP) is 5.25. The van der Waals surface area contributed by atoms with Gasteiger partial charge in [-0.15, -0.1) is 0 Å². The van der Waals surface area contributed by atoms with Crippen LogP contribution in [0.15, 0.2) is 77.8 Å². The summed E-state index contributed by atoms with van der Waals surface area (Å²) < 4.78 is 5.38. The van der Waals surface area contributed by atoms with E-state index in [9.17, 15) is 20.0 Å². The van der Waals surface area contributed by atoms with E-state index in [-0.39, 0.29) is 23.4 Å². The Morgan fingerprint density at radius 2 is 1.85 bits per heavy atom. The first-order chi connectivity index (χ1) is 19.4. The van der Waals surface area contributed by atoms with Crippen molar-refractivity contribution in [2.75, 3.05) is 38.2 Å². The largest absolute Gasteiger partial charge is 0.494 e. The van der Waals surface area contributed by atoms with Crippen LogP contribution < -0.4 is 5.32 Å². The van der Waals surface area contributed by atoms with E-state index in [0.717, 1.165) is 44.8 Å². The van der Waals surface area contributed by atoms with Gasteiger partial charge < -0.3 is 20.1 Å². The number of non-ortho nitro benzene ring substituents is 1. The van der Waals surface area contributed by atoms with Gasteiger partial charge in [-0.25, -0.2) is 4.99 Å². The first-order valence-corrected chi connectivity index (χ1v) is 13.2. The van der Waals surface area contributed by atoms with Crippen molar-refractivity contribution in [1.29, 1.82) is 0 Å². The number of aliphatic imine (C=N–C) groups is 1.